The van der Waals surface area contributed by atoms with Crippen LogP contribution in [0.4, 0.5) is 5.69 Å². The summed E-state index contributed by atoms with van der Waals surface area (Å²) in [5.74, 6) is 0.880. The normalized spacial score (nSPS) is 12.0. The molecule has 1 aromatic heterocycles. The smallest absolute Gasteiger partial charge is 0.174 e. The maximum atomic E-state index is 5.63. The highest BCUT2D eigenvalue weighted by Gasteiger charge is 2.21. The minimum Gasteiger partial charge on any atom is -0.467 e. The molecule has 0 bridgehead atoms. The van der Waals surface area contributed by atoms with E-state index >= 15 is 0 Å². The number of rotatable bonds is 6. The van der Waals surface area contributed by atoms with Crippen molar-refractivity contribution in [3.63, 3.8) is 0 Å². The summed E-state index contributed by atoms with van der Waals surface area (Å²) in [6, 6.07) is 10.2. The number of furan rings is 1. The van der Waals surface area contributed by atoms with Crippen molar-refractivity contribution < 1.29 is 9.15 Å². The number of anilines is 1. The number of thiocarbonyl (C=S) groups is 1. The van der Waals surface area contributed by atoms with Gasteiger partial charge in [-0.25, -0.2) is 0 Å². The van der Waals surface area contributed by atoms with E-state index in [1.165, 1.54) is 11.1 Å². The van der Waals surface area contributed by atoms with E-state index in [0.29, 0.717) is 18.3 Å². The van der Waals surface area contributed by atoms with Gasteiger partial charge in [0.05, 0.1) is 18.9 Å². The topological polar surface area (TPSA) is 37.6 Å². The van der Waals surface area contributed by atoms with Gasteiger partial charge in [-0.3, -0.25) is 0 Å². The van der Waals surface area contributed by atoms with Crippen molar-refractivity contribution in [2.75, 3.05) is 25.6 Å². The van der Waals surface area contributed by atoms with Crippen LogP contribution in [0.2, 0.25) is 0 Å². The van der Waals surface area contributed by atoms with Gasteiger partial charge in [-0.1, -0.05) is 17.7 Å². The maximum absolute atomic E-state index is 5.63. The van der Waals surface area contributed by atoms with Gasteiger partial charge in [0, 0.05) is 19.3 Å². The second kappa shape index (κ2) is 8.13. The summed E-state index contributed by atoms with van der Waals surface area (Å²) in [6.45, 7) is 7.52. The van der Waals surface area contributed by atoms with Crippen molar-refractivity contribution in [2.45, 2.75) is 26.8 Å². The van der Waals surface area contributed by atoms with Crippen LogP contribution in [0.15, 0.2) is 41.0 Å². The second-order valence-corrected chi connectivity index (χ2v) is 6.01. The third-order valence-electron chi connectivity index (χ3n) is 3.84. The van der Waals surface area contributed by atoms with E-state index in [1.807, 2.05) is 12.1 Å². The highest BCUT2D eigenvalue weighted by Crippen LogP contribution is 2.23. The van der Waals surface area contributed by atoms with Gasteiger partial charge in [0.25, 0.3) is 0 Å². The Morgan fingerprint density at radius 2 is 2.13 bits per heavy atom. The van der Waals surface area contributed by atoms with Crippen molar-refractivity contribution in [3.05, 3.63) is 53.5 Å². The zero-order valence-corrected chi connectivity index (χ0v) is 14.9. The summed E-state index contributed by atoms with van der Waals surface area (Å²) in [5, 5.41) is 4.01. The standard InChI is InChI=1S/C18H24N2O2S/c1-13-7-8-16(14(2)12-13)19-18(23)20(9-11-21-4)15(3)17-6-5-10-22-17/h5-8,10,12,15H,9,11H2,1-4H3,(H,19,23)/t15-/m0/s1. The lowest BCUT2D eigenvalue weighted by atomic mass is 10.1. The van der Waals surface area contributed by atoms with Gasteiger partial charge in [-0.2, -0.15) is 0 Å². The first-order valence-corrected chi connectivity index (χ1v) is 8.11. The number of aryl methyl sites for hydroxylation is 2. The molecule has 1 aromatic carbocycles. The summed E-state index contributed by atoms with van der Waals surface area (Å²) >= 11 is 5.63. The molecule has 4 nitrogen and oxygen atoms in total. The molecule has 0 aliphatic heterocycles. The van der Waals surface area contributed by atoms with Crippen LogP contribution in [0.3, 0.4) is 0 Å². The van der Waals surface area contributed by atoms with Crippen LogP contribution in [0.1, 0.15) is 29.9 Å². The largest absolute Gasteiger partial charge is 0.467 e. The predicted octanol–water partition coefficient (Wildman–Crippen LogP) is 4.30. The van der Waals surface area contributed by atoms with Crippen LogP contribution in [0.5, 0.6) is 0 Å². The molecule has 0 spiro atoms. The lowest BCUT2D eigenvalue weighted by Crippen LogP contribution is -2.39. The summed E-state index contributed by atoms with van der Waals surface area (Å²) < 4.78 is 10.7. The number of hydrogen-bond acceptors (Lipinski definition) is 3. The molecule has 0 fully saturated rings. The second-order valence-electron chi connectivity index (χ2n) is 5.63. The van der Waals surface area contributed by atoms with Crippen LogP contribution in [0.25, 0.3) is 0 Å². The van der Waals surface area contributed by atoms with Crippen LogP contribution >= 0.6 is 12.2 Å². The van der Waals surface area contributed by atoms with Gasteiger partial charge in [-0.15, -0.1) is 0 Å². The Balaban J connectivity index is 2.15. The van der Waals surface area contributed by atoms with Gasteiger partial charge in [0.1, 0.15) is 5.76 Å². The molecule has 2 rings (SSSR count). The SMILES string of the molecule is COCCN(C(=S)Nc1ccc(C)cc1C)[C@@H](C)c1ccco1. The van der Waals surface area contributed by atoms with Gasteiger partial charge in [-0.05, 0) is 56.8 Å². The van der Waals surface area contributed by atoms with Gasteiger partial charge < -0.3 is 19.4 Å². The molecule has 1 N–H and O–H groups in total. The molecule has 0 aliphatic rings. The molecule has 0 unspecified atom stereocenters. The molecule has 2 aromatic rings. The zero-order valence-electron chi connectivity index (χ0n) is 14.1. The van der Waals surface area contributed by atoms with Gasteiger partial charge in [0.2, 0.25) is 0 Å². The van der Waals surface area contributed by atoms with Crippen LogP contribution in [-0.2, 0) is 4.74 Å². The monoisotopic (exact) mass is 332 g/mol. The number of benzene rings is 1. The third kappa shape index (κ3) is 4.56. The van der Waals surface area contributed by atoms with Crippen LogP contribution < -0.4 is 5.32 Å². The van der Waals surface area contributed by atoms with E-state index in [1.54, 1.807) is 13.4 Å². The Hall–Kier alpha value is -1.85. The van der Waals surface area contributed by atoms with Gasteiger partial charge in [0.15, 0.2) is 5.11 Å². The Morgan fingerprint density at radius 1 is 1.35 bits per heavy atom. The first kappa shape index (κ1) is 17.5. The molecule has 124 valence electrons. The quantitative estimate of drug-likeness (QED) is 0.798. The summed E-state index contributed by atoms with van der Waals surface area (Å²) in [5.41, 5.74) is 3.43. The molecule has 1 heterocycles. The number of hydrogen-bond donors (Lipinski definition) is 1. The summed E-state index contributed by atoms with van der Waals surface area (Å²) in [4.78, 5) is 2.08. The molecular weight excluding hydrogens is 308 g/mol. The lowest BCUT2D eigenvalue weighted by molar-refractivity contribution is 0.160. The molecule has 0 radical (unpaired) electrons. The van der Waals surface area contributed by atoms with E-state index in [9.17, 15) is 0 Å². The molecule has 0 saturated carbocycles. The summed E-state index contributed by atoms with van der Waals surface area (Å²) in [7, 11) is 1.69. The van der Waals surface area contributed by atoms with Crippen molar-refractivity contribution in [3.8, 4) is 0 Å². The minimum absolute atomic E-state index is 0.0332. The molecule has 0 saturated heterocycles. The fraction of sp³-hybridized carbons (Fsp3) is 0.389. The van der Waals surface area contributed by atoms with E-state index < -0.39 is 0 Å². The molecular formula is C18H24N2O2S. The third-order valence-corrected chi connectivity index (χ3v) is 4.18. The van der Waals surface area contributed by atoms with Crippen molar-refractivity contribution in [1.82, 2.24) is 4.90 Å². The van der Waals surface area contributed by atoms with Crippen LogP contribution in [-0.4, -0.2) is 30.3 Å². The molecule has 1 atom stereocenters. The molecule has 0 amide bonds. The summed E-state index contributed by atoms with van der Waals surface area (Å²) in [6.07, 6.45) is 1.68. The zero-order chi connectivity index (χ0) is 16.8. The highest BCUT2D eigenvalue weighted by atomic mass is 32.1. The van der Waals surface area contributed by atoms with Crippen molar-refractivity contribution in [2.24, 2.45) is 0 Å². The molecule has 0 aliphatic carbocycles. The first-order chi connectivity index (χ1) is 11.0. The highest BCUT2D eigenvalue weighted by molar-refractivity contribution is 7.80. The lowest BCUT2D eigenvalue weighted by Gasteiger charge is -2.30. The van der Waals surface area contributed by atoms with E-state index in [2.05, 4.69) is 49.2 Å². The minimum atomic E-state index is 0.0332. The Labute approximate surface area is 143 Å². The average molecular weight is 332 g/mol. The van der Waals surface area contributed by atoms with Crippen molar-refractivity contribution in [1.29, 1.82) is 0 Å². The Morgan fingerprint density at radius 3 is 2.74 bits per heavy atom. The predicted molar refractivity (Wildman–Crippen MR) is 97.8 cm³/mol. The first-order valence-electron chi connectivity index (χ1n) is 7.70. The molecule has 23 heavy (non-hydrogen) atoms. The van der Waals surface area contributed by atoms with Crippen LogP contribution in [0, 0.1) is 13.8 Å². The maximum Gasteiger partial charge on any atom is 0.174 e. The number of ether oxygens (including phenoxy) is 1. The van der Waals surface area contributed by atoms with Gasteiger partial charge >= 0.3 is 0 Å². The van der Waals surface area contributed by atoms with E-state index in [4.69, 9.17) is 21.4 Å². The fourth-order valence-corrected chi connectivity index (χ4v) is 2.84. The average Bonchev–Trinajstić information content (AvgIpc) is 3.04. The number of nitrogens with zero attached hydrogens (tertiary/aromatic N) is 1. The van der Waals surface area contributed by atoms with E-state index in [0.717, 1.165) is 11.4 Å². The number of nitrogens with one attached hydrogen (secondary N) is 1. The van der Waals surface area contributed by atoms with E-state index in [-0.39, 0.29) is 6.04 Å². The fourth-order valence-electron chi connectivity index (χ4n) is 2.48. The molecule has 5 heteroatoms. The Bertz CT molecular complexity index is 640. The number of methoxy groups -OCH3 is 1. The Kier molecular flexibility index (Phi) is 6.19. The van der Waals surface area contributed by atoms with Crippen molar-refractivity contribution >= 4 is 23.0 Å².